The highest BCUT2D eigenvalue weighted by atomic mass is 35.5. The van der Waals surface area contributed by atoms with Gasteiger partial charge in [-0.15, -0.1) is 0 Å². The molecule has 0 aliphatic heterocycles. The predicted octanol–water partition coefficient (Wildman–Crippen LogP) is 2.89. The Morgan fingerprint density at radius 2 is 1.70 bits per heavy atom. The largest absolute Gasteiger partial charge is 0.481 e. The number of carboxylic acids is 2. The molecular formula is C17H14ClNO7S. The molecule has 0 atom stereocenters. The minimum Gasteiger partial charge on any atom is -0.481 e. The molecule has 0 saturated carbocycles. The van der Waals surface area contributed by atoms with Crippen LogP contribution >= 0.6 is 11.6 Å². The van der Waals surface area contributed by atoms with Crippen LogP contribution in [0.1, 0.15) is 33.6 Å². The van der Waals surface area contributed by atoms with Crippen molar-refractivity contribution in [3.8, 4) is 0 Å². The quantitative estimate of drug-likeness (QED) is 0.567. The Hall–Kier alpha value is -2.91. The van der Waals surface area contributed by atoms with Crippen molar-refractivity contribution in [2.45, 2.75) is 17.7 Å². The normalized spacial score (nSPS) is 11.0. The van der Waals surface area contributed by atoms with E-state index < -0.39 is 27.7 Å². The number of hydrogen-bond acceptors (Lipinski definition) is 5. The number of ketones is 1. The van der Waals surface area contributed by atoms with E-state index in [1.807, 2.05) is 0 Å². The zero-order valence-electron chi connectivity index (χ0n) is 13.7. The summed E-state index contributed by atoms with van der Waals surface area (Å²) in [5, 5.41) is 17.6. The Kier molecular flexibility index (Phi) is 6.19. The molecule has 0 amide bonds. The number of halogens is 1. The maximum atomic E-state index is 12.5. The maximum Gasteiger partial charge on any atom is 0.337 e. The number of carbonyl (C=O) groups is 3. The zero-order valence-corrected chi connectivity index (χ0v) is 15.2. The van der Waals surface area contributed by atoms with Crippen LogP contribution in [0.5, 0.6) is 0 Å². The van der Waals surface area contributed by atoms with E-state index in [9.17, 15) is 22.8 Å². The maximum absolute atomic E-state index is 12.5. The smallest absolute Gasteiger partial charge is 0.337 e. The zero-order chi connectivity index (χ0) is 20.2. The number of nitrogens with one attached hydrogen (secondary N) is 1. The molecule has 27 heavy (non-hydrogen) atoms. The predicted molar refractivity (Wildman–Crippen MR) is 96.9 cm³/mol. The molecule has 2 rings (SSSR count). The standard InChI is InChI=1S/C17H14ClNO7S/c18-14-5-4-12(9-13(14)17(23)24)27(25,26)19-11-3-1-2-10(8-11)15(20)6-7-16(21)22/h1-5,8-9,19H,6-7H2,(H,21,22)(H,23,24). The molecule has 0 bridgehead atoms. The third-order valence-electron chi connectivity index (χ3n) is 3.48. The molecule has 0 saturated heterocycles. The molecule has 0 heterocycles. The SMILES string of the molecule is O=C(O)CCC(=O)c1cccc(NS(=O)(=O)c2ccc(Cl)c(C(=O)O)c2)c1. The van der Waals surface area contributed by atoms with Gasteiger partial charge in [0.1, 0.15) is 0 Å². The number of rotatable bonds is 8. The van der Waals surface area contributed by atoms with Gasteiger partial charge in [0, 0.05) is 17.7 Å². The monoisotopic (exact) mass is 411 g/mol. The third kappa shape index (κ3) is 5.28. The number of aliphatic carboxylic acids is 1. The molecule has 0 spiro atoms. The molecule has 0 radical (unpaired) electrons. The van der Waals surface area contributed by atoms with Gasteiger partial charge in [0.05, 0.1) is 21.9 Å². The van der Waals surface area contributed by atoms with Crippen LogP contribution in [0.3, 0.4) is 0 Å². The van der Waals surface area contributed by atoms with E-state index in [1.165, 1.54) is 24.3 Å². The van der Waals surface area contributed by atoms with Gasteiger partial charge in [0.2, 0.25) is 0 Å². The Bertz CT molecular complexity index is 1020. The fourth-order valence-corrected chi connectivity index (χ4v) is 3.44. The van der Waals surface area contributed by atoms with Gasteiger partial charge < -0.3 is 10.2 Å². The van der Waals surface area contributed by atoms with Crippen LogP contribution in [-0.2, 0) is 14.8 Å². The van der Waals surface area contributed by atoms with Crippen molar-refractivity contribution in [1.82, 2.24) is 0 Å². The second-order valence-corrected chi connectivity index (χ2v) is 7.54. The summed E-state index contributed by atoms with van der Waals surface area (Å²) in [4.78, 5) is 33.3. The van der Waals surface area contributed by atoms with E-state index in [2.05, 4.69) is 4.72 Å². The molecule has 2 aromatic rings. The summed E-state index contributed by atoms with van der Waals surface area (Å²) in [6, 6.07) is 8.79. The number of sulfonamides is 1. The van der Waals surface area contributed by atoms with Crippen LogP contribution in [0.25, 0.3) is 0 Å². The van der Waals surface area contributed by atoms with Crippen LogP contribution < -0.4 is 4.72 Å². The second-order valence-electron chi connectivity index (χ2n) is 5.45. The Morgan fingerprint density at radius 3 is 2.33 bits per heavy atom. The van der Waals surface area contributed by atoms with Gasteiger partial charge in [-0.05, 0) is 30.3 Å². The molecule has 0 aliphatic carbocycles. The number of carboxylic acid groups (broad SMARTS) is 2. The molecule has 0 aromatic heterocycles. The van der Waals surface area contributed by atoms with Crippen LogP contribution in [0, 0.1) is 0 Å². The average Bonchev–Trinajstić information content (AvgIpc) is 2.59. The lowest BCUT2D eigenvalue weighted by Crippen LogP contribution is -2.14. The van der Waals surface area contributed by atoms with Crippen molar-refractivity contribution in [1.29, 1.82) is 0 Å². The number of Topliss-reactive ketones (excluding diaryl/α,β-unsaturated/α-hetero) is 1. The van der Waals surface area contributed by atoms with Gasteiger partial charge in [0.25, 0.3) is 10.0 Å². The van der Waals surface area contributed by atoms with Crippen molar-refractivity contribution >= 4 is 45.0 Å². The second kappa shape index (κ2) is 8.19. The third-order valence-corrected chi connectivity index (χ3v) is 5.19. The first kappa shape index (κ1) is 20.4. The highest BCUT2D eigenvalue weighted by molar-refractivity contribution is 7.92. The summed E-state index contributed by atoms with van der Waals surface area (Å²) < 4.78 is 27.2. The summed E-state index contributed by atoms with van der Waals surface area (Å²) in [7, 11) is -4.13. The molecule has 0 unspecified atom stereocenters. The molecule has 3 N–H and O–H groups in total. The summed E-state index contributed by atoms with van der Waals surface area (Å²) in [6.45, 7) is 0. The molecule has 10 heteroatoms. The number of carbonyl (C=O) groups excluding carboxylic acids is 1. The topological polar surface area (TPSA) is 138 Å². The van der Waals surface area contributed by atoms with Crippen LogP contribution in [0.15, 0.2) is 47.4 Å². The van der Waals surface area contributed by atoms with Gasteiger partial charge in [-0.2, -0.15) is 0 Å². The minimum atomic E-state index is -4.13. The molecule has 8 nitrogen and oxygen atoms in total. The molecule has 142 valence electrons. The highest BCUT2D eigenvalue weighted by Crippen LogP contribution is 2.23. The van der Waals surface area contributed by atoms with Crippen LogP contribution in [0.4, 0.5) is 5.69 Å². The lowest BCUT2D eigenvalue weighted by molar-refractivity contribution is -0.136. The first-order valence-electron chi connectivity index (χ1n) is 7.51. The lowest BCUT2D eigenvalue weighted by atomic mass is 10.1. The molecular weight excluding hydrogens is 398 g/mol. The Balaban J connectivity index is 2.27. The van der Waals surface area contributed by atoms with E-state index >= 15 is 0 Å². The fraction of sp³-hybridized carbons (Fsp3) is 0.118. The van der Waals surface area contributed by atoms with Crippen molar-refractivity contribution in [3.63, 3.8) is 0 Å². The summed E-state index contributed by atoms with van der Waals surface area (Å²) in [5.41, 5.74) is -0.140. The number of hydrogen-bond donors (Lipinski definition) is 3. The lowest BCUT2D eigenvalue weighted by Gasteiger charge is -2.10. The van der Waals surface area contributed by atoms with Gasteiger partial charge >= 0.3 is 11.9 Å². The van der Waals surface area contributed by atoms with Crippen molar-refractivity contribution in [2.75, 3.05) is 4.72 Å². The van der Waals surface area contributed by atoms with Crippen molar-refractivity contribution in [3.05, 3.63) is 58.6 Å². The van der Waals surface area contributed by atoms with E-state index in [4.69, 9.17) is 21.8 Å². The van der Waals surface area contributed by atoms with Crippen molar-refractivity contribution in [2.24, 2.45) is 0 Å². The Labute approximate surface area is 159 Å². The summed E-state index contributed by atoms with van der Waals surface area (Å²) in [5.74, 6) is -2.93. The van der Waals surface area contributed by atoms with Crippen LogP contribution in [0.2, 0.25) is 5.02 Å². The summed E-state index contributed by atoms with van der Waals surface area (Å²) >= 11 is 5.73. The Morgan fingerprint density at radius 1 is 1.00 bits per heavy atom. The minimum absolute atomic E-state index is 0.0722. The number of aromatic carboxylic acids is 1. The first-order valence-corrected chi connectivity index (χ1v) is 9.37. The van der Waals surface area contributed by atoms with Gasteiger partial charge in [-0.1, -0.05) is 23.7 Å². The summed E-state index contributed by atoms with van der Waals surface area (Å²) in [6.07, 6.45) is -0.553. The molecule has 0 fully saturated rings. The van der Waals surface area contributed by atoms with Crippen molar-refractivity contribution < 1.29 is 33.0 Å². The van der Waals surface area contributed by atoms with Gasteiger partial charge in [-0.3, -0.25) is 14.3 Å². The van der Waals surface area contributed by atoms with Gasteiger partial charge in [0.15, 0.2) is 5.78 Å². The number of benzene rings is 2. The highest BCUT2D eigenvalue weighted by Gasteiger charge is 2.19. The van der Waals surface area contributed by atoms with E-state index in [1.54, 1.807) is 0 Å². The first-order chi connectivity index (χ1) is 12.6. The van der Waals surface area contributed by atoms with E-state index in [0.29, 0.717) is 0 Å². The van der Waals surface area contributed by atoms with Crippen LogP contribution in [-0.4, -0.2) is 36.4 Å². The number of anilines is 1. The molecule has 0 aliphatic rings. The fourth-order valence-electron chi connectivity index (χ4n) is 2.17. The van der Waals surface area contributed by atoms with E-state index in [-0.39, 0.29) is 39.6 Å². The van der Waals surface area contributed by atoms with Gasteiger partial charge in [-0.25, -0.2) is 13.2 Å². The average molecular weight is 412 g/mol. The van der Waals surface area contributed by atoms with E-state index in [0.717, 1.165) is 18.2 Å². The molecule has 2 aromatic carbocycles.